The molecule has 0 aliphatic rings. The molecule has 134 valence electrons. The zero-order chi connectivity index (χ0) is 16.5. The summed E-state index contributed by atoms with van der Waals surface area (Å²) in [7, 11) is -1.93. The van der Waals surface area contributed by atoms with Crippen LogP contribution in [0.5, 0.6) is 0 Å². The molecule has 0 N–H and O–H groups in total. The van der Waals surface area contributed by atoms with Crippen LogP contribution in [0.3, 0.4) is 0 Å². The maximum atomic E-state index is 12.1. The minimum Gasteiger partial charge on any atom is -0.290 e. The van der Waals surface area contributed by atoms with Gasteiger partial charge in [0.1, 0.15) is 0 Å². The molecule has 1 atom stereocenters. The molecule has 0 fully saturated rings. The monoisotopic (exact) mass is 336 g/mol. The summed E-state index contributed by atoms with van der Waals surface area (Å²) < 4.78 is 27.5. The molecule has 5 heteroatoms. The molecule has 22 heavy (non-hydrogen) atoms. The highest BCUT2D eigenvalue weighted by atomic mass is 31.2. The fourth-order valence-corrected chi connectivity index (χ4v) is 3.22. The van der Waals surface area contributed by atoms with Crippen molar-refractivity contribution in [3.63, 3.8) is 0 Å². The van der Waals surface area contributed by atoms with Gasteiger partial charge in [-0.2, -0.15) is 0 Å². The summed E-state index contributed by atoms with van der Waals surface area (Å²) in [5.74, 6) is 0. The Balaban J connectivity index is 3.41. The van der Waals surface area contributed by atoms with Gasteiger partial charge in [-0.25, -0.2) is 4.57 Å². The van der Waals surface area contributed by atoms with Crippen molar-refractivity contribution in [1.29, 1.82) is 0 Å². The van der Waals surface area contributed by atoms with Crippen molar-refractivity contribution in [2.24, 2.45) is 0 Å². The lowest BCUT2D eigenvalue weighted by molar-refractivity contribution is 0.128. The predicted molar refractivity (Wildman–Crippen MR) is 93.3 cm³/mol. The lowest BCUT2D eigenvalue weighted by Gasteiger charge is -2.15. The quantitative estimate of drug-likeness (QED) is 0.225. The summed E-state index contributed by atoms with van der Waals surface area (Å²) in [5.41, 5.74) is 0. The first-order valence-corrected chi connectivity index (χ1v) is 10.6. The molecule has 0 bridgehead atoms. The largest absolute Gasteiger partial charge is 0.474 e. The van der Waals surface area contributed by atoms with Gasteiger partial charge in [0.25, 0.3) is 0 Å². The lowest BCUT2D eigenvalue weighted by Crippen LogP contribution is -2.01. The van der Waals surface area contributed by atoms with Crippen molar-refractivity contribution in [3.05, 3.63) is 0 Å². The lowest BCUT2D eigenvalue weighted by atomic mass is 10.1. The second-order valence-corrected chi connectivity index (χ2v) is 7.61. The van der Waals surface area contributed by atoms with Gasteiger partial charge in [0, 0.05) is 7.11 Å². The van der Waals surface area contributed by atoms with Gasteiger partial charge in [0.15, 0.2) is 0 Å². The van der Waals surface area contributed by atoms with Crippen LogP contribution in [-0.2, 0) is 18.1 Å². The number of phosphoric acid groups is 1. The molecule has 0 saturated carbocycles. The molecule has 0 aromatic heterocycles. The molecule has 0 amide bonds. The maximum absolute atomic E-state index is 12.1. The second kappa shape index (κ2) is 16.0. The van der Waals surface area contributed by atoms with Crippen LogP contribution in [0.1, 0.15) is 90.9 Å². The summed E-state index contributed by atoms with van der Waals surface area (Å²) in [5, 5.41) is 0. The van der Waals surface area contributed by atoms with Crippen LogP contribution in [0.25, 0.3) is 0 Å². The van der Waals surface area contributed by atoms with E-state index in [0.717, 1.165) is 25.7 Å². The van der Waals surface area contributed by atoms with Crippen LogP contribution < -0.4 is 0 Å². The van der Waals surface area contributed by atoms with Gasteiger partial charge in [-0.3, -0.25) is 13.6 Å². The van der Waals surface area contributed by atoms with Gasteiger partial charge in [0.2, 0.25) is 0 Å². The van der Waals surface area contributed by atoms with E-state index in [1.54, 1.807) is 0 Å². The number of rotatable bonds is 17. The third-order valence-corrected chi connectivity index (χ3v) is 5.16. The topological polar surface area (TPSA) is 44.8 Å². The van der Waals surface area contributed by atoms with Gasteiger partial charge in [-0.05, 0) is 12.8 Å². The van der Waals surface area contributed by atoms with E-state index in [1.165, 1.54) is 58.5 Å². The molecule has 1 unspecified atom stereocenters. The Morgan fingerprint density at radius 2 is 1.05 bits per heavy atom. The van der Waals surface area contributed by atoms with Gasteiger partial charge < -0.3 is 0 Å². The van der Waals surface area contributed by atoms with Gasteiger partial charge in [-0.15, -0.1) is 0 Å². The van der Waals surface area contributed by atoms with Crippen molar-refractivity contribution < 1.29 is 18.1 Å². The highest BCUT2D eigenvalue weighted by Gasteiger charge is 2.23. The molecule has 0 spiro atoms. The summed E-state index contributed by atoms with van der Waals surface area (Å²) >= 11 is 0. The molecule has 0 aromatic carbocycles. The van der Waals surface area contributed by atoms with E-state index in [0.29, 0.717) is 13.2 Å². The molecular weight excluding hydrogens is 299 g/mol. The van der Waals surface area contributed by atoms with E-state index in [2.05, 4.69) is 13.8 Å². The fraction of sp³-hybridized carbons (Fsp3) is 1.00. The van der Waals surface area contributed by atoms with Crippen molar-refractivity contribution >= 4 is 7.82 Å². The molecule has 0 saturated heterocycles. The number of hydrogen-bond donors (Lipinski definition) is 0. The van der Waals surface area contributed by atoms with Gasteiger partial charge in [0.05, 0.1) is 13.2 Å². The van der Waals surface area contributed by atoms with Crippen LogP contribution in [0, 0.1) is 0 Å². The van der Waals surface area contributed by atoms with E-state index >= 15 is 0 Å². The number of unbranched alkanes of at least 4 members (excludes halogenated alkanes) is 10. The minimum absolute atomic E-state index is 0.430. The van der Waals surface area contributed by atoms with Crippen molar-refractivity contribution in [1.82, 2.24) is 0 Å². The molecule has 0 aliphatic heterocycles. The molecule has 0 rings (SSSR count). The predicted octanol–water partition coefficient (Wildman–Crippen LogP) is 6.50. The summed E-state index contributed by atoms with van der Waals surface area (Å²) in [4.78, 5) is 0. The molecule has 0 radical (unpaired) electrons. The smallest absolute Gasteiger partial charge is 0.290 e. The van der Waals surface area contributed by atoms with Crippen LogP contribution in [-0.4, -0.2) is 20.3 Å². The zero-order valence-electron chi connectivity index (χ0n) is 15.0. The normalized spacial score (nSPS) is 14.1. The highest BCUT2D eigenvalue weighted by molar-refractivity contribution is 7.48. The van der Waals surface area contributed by atoms with Crippen molar-refractivity contribution in [2.75, 3.05) is 20.3 Å². The van der Waals surface area contributed by atoms with Crippen LogP contribution in [0.15, 0.2) is 0 Å². The van der Waals surface area contributed by atoms with E-state index in [4.69, 9.17) is 13.6 Å². The molecule has 4 nitrogen and oxygen atoms in total. The Bertz CT molecular complexity index is 271. The molecule has 0 aromatic rings. The first kappa shape index (κ1) is 22.1. The Morgan fingerprint density at radius 1 is 0.636 bits per heavy atom. The second-order valence-electron chi connectivity index (χ2n) is 5.83. The Labute approximate surface area is 137 Å². The van der Waals surface area contributed by atoms with Crippen LogP contribution in [0.4, 0.5) is 0 Å². The molecule has 0 aliphatic carbocycles. The summed E-state index contributed by atoms with van der Waals surface area (Å²) in [6, 6.07) is 0. The van der Waals surface area contributed by atoms with E-state index in [1.807, 2.05) is 0 Å². The Morgan fingerprint density at radius 3 is 1.50 bits per heavy atom. The third kappa shape index (κ3) is 13.8. The Hall–Kier alpha value is 0.110. The van der Waals surface area contributed by atoms with Crippen molar-refractivity contribution in [2.45, 2.75) is 90.9 Å². The summed E-state index contributed by atoms with van der Waals surface area (Å²) in [6.45, 7) is 5.19. The van der Waals surface area contributed by atoms with E-state index in [-0.39, 0.29) is 0 Å². The fourth-order valence-electron chi connectivity index (χ4n) is 2.23. The first-order valence-electron chi connectivity index (χ1n) is 9.13. The average Bonchev–Trinajstić information content (AvgIpc) is 2.53. The first-order chi connectivity index (χ1) is 10.7. The third-order valence-electron chi connectivity index (χ3n) is 3.72. The van der Waals surface area contributed by atoms with Crippen LogP contribution >= 0.6 is 7.82 Å². The average molecular weight is 336 g/mol. The minimum atomic E-state index is -3.31. The highest BCUT2D eigenvalue weighted by Crippen LogP contribution is 2.48. The van der Waals surface area contributed by atoms with Crippen LogP contribution in [0.2, 0.25) is 0 Å². The van der Waals surface area contributed by atoms with Gasteiger partial charge >= 0.3 is 7.82 Å². The number of phosphoric ester groups is 1. The molecular formula is C17H37O4P. The SMILES string of the molecule is CCCCCCCCCCCCOP(=O)(OC)OCCCC. The Kier molecular flexibility index (Phi) is 16.1. The van der Waals surface area contributed by atoms with Gasteiger partial charge in [-0.1, -0.05) is 78.1 Å². The van der Waals surface area contributed by atoms with Crippen molar-refractivity contribution in [3.8, 4) is 0 Å². The molecule has 0 heterocycles. The van der Waals surface area contributed by atoms with E-state index < -0.39 is 7.82 Å². The van der Waals surface area contributed by atoms with E-state index in [9.17, 15) is 4.57 Å². The maximum Gasteiger partial charge on any atom is 0.474 e. The number of hydrogen-bond acceptors (Lipinski definition) is 4. The standard InChI is InChI=1S/C17H37O4P/c1-4-6-8-9-10-11-12-13-14-15-17-21-22(18,19-3)20-16-7-5-2/h4-17H2,1-3H3. The zero-order valence-corrected chi connectivity index (χ0v) is 15.9. The summed E-state index contributed by atoms with van der Waals surface area (Å²) in [6.07, 6.45) is 14.6.